The predicted molar refractivity (Wildman–Crippen MR) is 72.7 cm³/mol. The van der Waals surface area contributed by atoms with Crippen molar-refractivity contribution in [1.82, 2.24) is 10.1 Å². The van der Waals surface area contributed by atoms with Crippen LogP contribution in [0.5, 0.6) is 0 Å². The molecule has 1 aliphatic rings. The number of nitrogens with zero attached hydrogens (tertiary/aromatic N) is 2. The Bertz CT molecular complexity index is 525. The van der Waals surface area contributed by atoms with Crippen LogP contribution in [0.3, 0.4) is 0 Å². The molecule has 1 atom stereocenters. The molecule has 19 heavy (non-hydrogen) atoms. The number of aliphatic hydroxyl groups is 1. The Morgan fingerprint density at radius 3 is 2.84 bits per heavy atom. The van der Waals surface area contributed by atoms with Gasteiger partial charge in [-0.1, -0.05) is 23.4 Å². The maximum Gasteiger partial charge on any atom is 0.229 e. The van der Waals surface area contributed by atoms with Gasteiger partial charge >= 0.3 is 0 Å². The molecule has 0 amide bonds. The summed E-state index contributed by atoms with van der Waals surface area (Å²) in [4.78, 5) is 5.50. The zero-order valence-electron chi connectivity index (χ0n) is 10.5. The summed E-state index contributed by atoms with van der Waals surface area (Å²) < 4.78 is 5.17. The molecule has 4 nitrogen and oxygen atoms in total. The van der Waals surface area contributed by atoms with Gasteiger partial charge in [-0.2, -0.15) is 4.98 Å². The van der Waals surface area contributed by atoms with Crippen molar-refractivity contribution in [2.75, 3.05) is 0 Å². The highest BCUT2D eigenvalue weighted by Crippen LogP contribution is 2.33. The third-order valence-corrected chi connectivity index (χ3v) is 4.18. The highest BCUT2D eigenvalue weighted by molar-refractivity contribution is 7.98. The number of thioether (sulfide) groups is 1. The fraction of sp³-hybridized carbons (Fsp3) is 0.429. The molecule has 100 valence electrons. The van der Waals surface area contributed by atoms with Crippen LogP contribution in [0.4, 0.5) is 0 Å². The smallest absolute Gasteiger partial charge is 0.229 e. The van der Waals surface area contributed by atoms with Gasteiger partial charge in [-0.25, -0.2) is 0 Å². The number of hydrogen-bond donors (Lipinski definition) is 1. The number of aromatic nitrogens is 2. The lowest BCUT2D eigenvalue weighted by atomic mass is 10.2. The van der Waals surface area contributed by atoms with Crippen LogP contribution in [-0.4, -0.2) is 21.4 Å². The van der Waals surface area contributed by atoms with Crippen molar-refractivity contribution in [2.45, 2.75) is 36.0 Å². The zero-order valence-corrected chi connectivity index (χ0v) is 11.3. The number of benzene rings is 1. The molecule has 1 fully saturated rings. The standard InChI is InChI=1S/C14H16N2O2S/c17-12(10-6-7-10)8-14-15-13(16-18-14)9-19-11-4-2-1-3-5-11/h1-5,10,12,17H,6-9H2. The Balaban J connectivity index is 1.53. The van der Waals surface area contributed by atoms with E-state index in [2.05, 4.69) is 22.3 Å². The van der Waals surface area contributed by atoms with Gasteiger partial charge in [-0.15, -0.1) is 11.8 Å². The van der Waals surface area contributed by atoms with Crippen molar-refractivity contribution in [3.63, 3.8) is 0 Å². The second-order valence-corrected chi connectivity index (χ2v) is 5.86. The molecule has 0 saturated heterocycles. The van der Waals surface area contributed by atoms with Crippen LogP contribution in [0.1, 0.15) is 24.6 Å². The van der Waals surface area contributed by atoms with Gasteiger partial charge in [0, 0.05) is 4.90 Å². The summed E-state index contributed by atoms with van der Waals surface area (Å²) >= 11 is 1.68. The summed E-state index contributed by atoms with van der Waals surface area (Å²) in [6.07, 6.45) is 2.39. The molecule has 3 rings (SSSR count). The SMILES string of the molecule is OC(Cc1nc(CSc2ccccc2)no1)C1CC1. The molecule has 1 saturated carbocycles. The van der Waals surface area contributed by atoms with E-state index >= 15 is 0 Å². The van der Waals surface area contributed by atoms with Gasteiger partial charge < -0.3 is 9.63 Å². The largest absolute Gasteiger partial charge is 0.392 e. The van der Waals surface area contributed by atoms with Crippen LogP contribution in [0.2, 0.25) is 0 Å². The molecule has 0 bridgehead atoms. The van der Waals surface area contributed by atoms with Crippen LogP contribution < -0.4 is 0 Å². The predicted octanol–water partition coefficient (Wildman–Crippen LogP) is 2.68. The lowest BCUT2D eigenvalue weighted by Gasteiger charge is -2.03. The Morgan fingerprint density at radius 2 is 2.11 bits per heavy atom. The van der Waals surface area contributed by atoms with Crippen LogP contribution in [0.15, 0.2) is 39.8 Å². The summed E-state index contributed by atoms with van der Waals surface area (Å²) in [6, 6.07) is 10.1. The molecular formula is C14H16N2O2S. The summed E-state index contributed by atoms with van der Waals surface area (Å²) in [5, 5.41) is 13.8. The highest BCUT2D eigenvalue weighted by Gasteiger charge is 2.30. The fourth-order valence-electron chi connectivity index (χ4n) is 1.92. The summed E-state index contributed by atoms with van der Waals surface area (Å²) in [5.41, 5.74) is 0. The van der Waals surface area contributed by atoms with Gasteiger partial charge in [0.1, 0.15) is 0 Å². The van der Waals surface area contributed by atoms with Gasteiger partial charge in [-0.3, -0.25) is 0 Å². The normalized spacial score (nSPS) is 16.5. The molecule has 0 aliphatic heterocycles. The topological polar surface area (TPSA) is 59.2 Å². The van der Waals surface area contributed by atoms with E-state index in [1.807, 2.05) is 18.2 Å². The Morgan fingerprint density at radius 1 is 1.32 bits per heavy atom. The van der Waals surface area contributed by atoms with Crippen molar-refractivity contribution in [3.05, 3.63) is 42.0 Å². The first-order valence-corrected chi connectivity index (χ1v) is 7.47. The third-order valence-electron chi connectivity index (χ3n) is 3.17. The number of rotatable bonds is 6. The zero-order chi connectivity index (χ0) is 13.1. The number of hydrogen-bond acceptors (Lipinski definition) is 5. The average molecular weight is 276 g/mol. The fourth-order valence-corrected chi connectivity index (χ4v) is 2.69. The minimum Gasteiger partial charge on any atom is -0.392 e. The molecule has 0 spiro atoms. The maximum absolute atomic E-state index is 9.83. The Labute approximate surface area is 116 Å². The molecule has 1 heterocycles. The van der Waals surface area contributed by atoms with Crippen molar-refractivity contribution in [2.24, 2.45) is 5.92 Å². The quantitative estimate of drug-likeness (QED) is 0.822. The molecule has 2 aromatic rings. The van der Waals surface area contributed by atoms with E-state index in [1.165, 1.54) is 4.90 Å². The summed E-state index contributed by atoms with van der Waals surface area (Å²) in [7, 11) is 0. The van der Waals surface area contributed by atoms with Gasteiger partial charge in [0.2, 0.25) is 5.89 Å². The summed E-state index contributed by atoms with van der Waals surface area (Å²) in [5.74, 6) is 2.36. The molecule has 1 N–H and O–H groups in total. The lowest BCUT2D eigenvalue weighted by molar-refractivity contribution is 0.140. The van der Waals surface area contributed by atoms with E-state index < -0.39 is 0 Å². The molecule has 1 aromatic heterocycles. The summed E-state index contributed by atoms with van der Waals surface area (Å²) in [6.45, 7) is 0. The molecule has 0 radical (unpaired) electrons. The molecule has 5 heteroatoms. The van der Waals surface area contributed by atoms with E-state index in [0.717, 1.165) is 12.8 Å². The van der Waals surface area contributed by atoms with Crippen LogP contribution >= 0.6 is 11.8 Å². The van der Waals surface area contributed by atoms with E-state index in [4.69, 9.17) is 4.52 Å². The van der Waals surface area contributed by atoms with Crippen molar-refractivity contribution >= 4 is 11.8 Å². The maximum atomic E-state index is 9.83. The monoisotopic (exact) mass is 276 g/mol. The van der Waals surface area contributed by atoms with Crippen molar-refractivity contribution < 1.29 is 9.63 Å². The first-order chi connectivity index (χ1) is 9.31. The van der Waals surface area contributed by atoms with Crippen LogP contribution in [0, 0.1) is 5.92 Å². The van der Waals surface area contributed by atoms with Gasteiger partial charge in [0.15, 0.2) is 5.82 Å². The average Bonchev–Trinajstić information content (AvgIpc) is 3.20. The molecule has 1 aliphatic carbocycles. The highest BCUT2D eigenvalue weighted by atomic mass is 32.2. The Kier molecular flexibility index (Phi) is 3.84. The molecular weight excluding hydrogens is 260 g/mol. The third kappa shape index (κ3) is 3.58. The first-order valence-electron chi connectivity index (χ1n) is 6.48. The van der Waals surface area contributed by atoms with Gasteiger partial charge in [0.25, 0.3) is 0 Å². The minimum atomic E-state index is -0.324. The van der Waals surface area contributed by atoms with E-state index in [0.29, 0.717) is 29.8 Å². The minimum absolute atomic E-state index is 0.324. The lowest BCUT2D eigenvalue weighted by Crippen LogP contribution is -2.12. The van der Waals surface area contributed by atoms with Gasteiger partial charge in [0.05, 0.1) is 18.3 Å². The van der Waals surface area contributed by atoms with Crippen LogP contribution in [-0.2, 0) is 12.2 Å². The second kappa shape index (κ2) is 5.75. The van der Waals surface area contributed by atoms with Gasteiger partial charge in [-0.05, 0) is 30.9 Å². The van der Waals surface area contributed by atoms with E-state index in [1.54, 1.807) is 11.8 Å². The molecule has 1 unspecified atom stereocenters. The van der Waals surface area contributed by atoms with Crippen molar-refractivity contribution in [1.29, 1.82) is 0 Å². The van der Waals surface area contributed by atoms with Crippen molar-refractivity contribution in [3.8, 4) is 0 Å². The van der Waals surface area contributed by atoms with E-state index in [-0.39, 0.29) is 6.10 Å². The number of aliphatic hydroxyl groups excluding tert-OH is 1. The second-order valence-electron chi connectivity index (χ2n) is 4.81. The Hall–Kier alpha value is -1.33. The van der Waals surface area contributed by atoms with Crippen LogP contribution in [0.25, 0.3) is 0 Å². The van der Waals surface area contributed by atoms with E-state index in [9.17, 15) is 5.11 Å². The molecule has 1 aromatic carbocycles. The first kappa shape index (κ1) is 12.7.